The second-order valence-electron chi connectivity index (χ2n) is 5.65. The lowest BCUT2D eigenvalue weighted by molar-refractivity contribution is 0.430. The fourth-order valence-electron chi connectivity index (χ4n) is 2.90. The normalized spacial score (nSPS) is 19.9. The standard InChI is InChI=1S/C8H14N4.C6H10N4/c1-3-7-10-11-8-6(2)9-4-5-12(7)8;1-5-8-9-6-4-7-2-3-10(5)6/h6,9H,3-5H2,1-2H3;7H,2-4H2,1H3. The highest BCUT2D eigenvalue weighted by Gasteiger charge is 2.19. The fraction of sp³-hybridized carbons (Fsp3) is 0.714. The van der Waals surface area contributed by atoms with Crippen LogP contribution in [0.4, 0.5) is 0 Å². The summed E-state index contributed by atoms with van der Waals surface area (Å²) >= 11 is 0. The van der Waals surface area contributed by atoms with Crippen molar-refractivity contribution in [2.75, 3.05) is 13.1 Å². The van der Waals surface area contributed by atoms with Crippen LogP contribution in [0.3, 0.4) is 0 Å². The van der Waals surface area contributed by atoms with Crippen LogP contribution in [0.5, 0.6) is 0 Å². The number of nitrogens with one attached hydrogen (secondary N) is 2. The molecule has 0 radical (unpaired) electrons. The molecule has 120 valence electrons. The maximum Gasteiger partial charge on any atom is 0.149 e. The Hall–Kier alpha value is -1.80. The molecule has 1 atom stereocenters. The largest absolute Gasteiger partial charge is 0.313 e. The molecule has 0 spiro atoms. The zero-order valence-corrected chi connectivity index (χ0v) is 13.5. The van der Waals surface area contributed by atoms with Crippen LogP contribution in [0.15, 0.2) is 0 Å². The molecule has 2 aliphatic heterocycles. The first-order chi connectivity index (χ1) is 10.7. The summed E-state index contributed by atoms with van der Waals surface area (Å²) in [6, 6.07) is 0.353. The maximum absolute atomic E-state index is 4.16. The molecule has 0 amide bonds. The first-order valence-corrected chi connectivity index (χ1v) is 7.95. The highest BCUT2D eigenvalue weighted by atomic mass is 15.3. The lowest BCUT2D eigenvalue weighted by atomic mass is 10.2. The summed E-state index contributed by atoms with van der Waals surface area (Å²) < 4.78 is 4.37. The lowest BCUT2D eigenvalue weighted by Crippen LogP contribution is -2.32. The Bertz CT molecular complexity index is 629. The molecule has 22 heavy (non-hydrogen) atoms. The van der Waals surface area contributed by atoms with Gasteiger partial charge in [-0.25, -0.2) is 0 Å². The van der Waals surface area contributed by atoms with Gasteiger partial charge in [0, 0.05) is 32.6 Å². The molecule has 0 aliphatic carbocycles. The van der Waals surface area contributed by atoms with E-state index in [1.54, 1.807) is 0 Å². The third kappa shape index (κ3) is 2.89. The zero-order valence-electron chi connectivity index (χ0n) is 13.5. The number of aryl methyl sites for hydroxylation is 2. The van der Waals surface area contributed by atoms with Crippen molar-refractivity contribution in [2.24, 2.45) is 0 Å². The van der Waals surface area contributed by atoms with Crippen LogP contribution in [0, 0.1) is 6.92 Å². The van der Waals surface area contributed by atoms with Crippen LogP contribution in [0.25, 0.3) is 0 Å². The van der Waals surface area contributed by atoms with Gasteiger partial charge in [0.15, 0.2) is 0 Å². The average molecular weight is 304 g/mol. The Kier molecular flexibility index (Phi) is 4.49. The van der Waals surface area contributed by atoms with Crippen molar-refractivity contribution < 1.29 is 0 Å². The molecule has 1 unspecified atom stereocenters. The predicted molar refractivity (Wildman–Crippen MR) is 82.3 cm³/mol. The van der Waals surface area contributed by atoms with Gasteiger partial charge in [0.1, 0.15) is 23.3 Å². The molecule has 0 bridgehead atoms. The van der Waals surface area contributed by atoms with E-state index in [2.05, 4.69) is 54.0 Å². The topological polar surface area (TPSA) is 85.5 Å². The Labute approximate surface area is 130 Å². The molecule has 0 saturated heterocycles. The van der Waals surface area contributed by atoms with Gasteiger partial charge in [0.05, 0.1) is 12.6 Å². The molecule has 2 aromatic rings. The second kappa shape index (κ2) is 6.53. The van der Waals surface area contributed by atoms with E-state index in [-0.39, 0.29) is 0 Å². The maximum atomic E-state index is 4.16. The van der Waals surface area contributed by atoms with Crippen LogP contribution in [0.1, 0.15) is 43.2 Å². The van der Waals surface area contributed by atoms with E-state index < -0.39 is 0 Å². The highest BCUT2D eigenvalue weighted by molar-refractivity contribution is 5.03. The molecule has 8 nitrogen and oxygen atoms in total. The van der Waals surface area contributed by atoms with Crippen LogP contribution < -0.4 is 10.6 Å². The molecule has 0 fully saturated rings. The molecule has 4 heterocycles. The Morgan fingerprint density at radius 2 is 1.91 bits per heavy atom. The van der Waals surface area contributed by atoms with E-state index in [0.29, 0.717) is 6.04 Å². The summed E-state index contributed by atoms with van der Waals surface area (Å²) in [5.74, 6) is 4.27. The zero-order chi connectivity index (χ0) is 15.5. The van der Waals surface area contributed by atoms with E-state index in [4.69, 9.17) is 0 Å². The third-order valence-electron chi connectivity index (χ3n) is 4.15. The number of fused-ring (bicyclic) bond motifs is 2. The molecule has 2 aliphatic rings. The number of aromatic nitrogens is 6. The smallest absolute Gasteiger partial charge is 0.149 e. The van der Waals surface area contributed by atoms with Gasteiger partial charge in [0.25, 0.3) is 0 Å². The predicted octanol–water partition coefficient (Wildman–Crippen LogP) is 0.194. The third-order valence-corrected chi connectivity index (χ3v) is 4.15. The molecule has 2 N–H and O–H groups in total. The van der Waals surface area contributed by atoms with Crippen molar-refractivity contribution in [1.82, 2.24) is 40.2 Å². The van der Waals surface area contributed by atoms with E-state index in [1.165, 1.54) is 0 Å². The first-order valence-electron chi connectivity index (χ1n) is 7.95. The van der Waals surface area contributed by atoms with Crippen molar-refractivity contribution in [2.45, 2.75) is 52.9 Å². The highest BCUT2D eigenvalue weighted by Crippen LogP contribution is 2.15. The summed E-state index contributed by atoms with van der Waals surface area (Å²) in [5, 5.41) is 22.9. The van der Waals surface area contributed by atoms with Crippen molar-refractivity contribution >= 4 is 0 Å². The SMILES string of the molecule is CCc1nnc2n1CCNC2C.Cc1nnc2n1CCNC2. The monoisotopic (exact) mass is 304 g/mol. The van der Waals surface area contributed by atoms with Crippen molar-refractivity contribution in [3.8, 4) is 0 Å². The van der Waals surface area contributed by atoms with Gasteiger partial charge in [0.2, 0.25) is 0 Å². The minimum Gasteiger partial charge on any atom is -0.313 e. The summed E-state index contributed by atoms with van der Waals surface area (Å²) in [4.78, 5) is 0. The average Bonchev–Trinajstić information content (AvgIpc) is 3.13. The van der Waals surface area contributed by atoms with Gasteiger partial charge in [-0.2, -0.15) is 0 Å². The minimum absolute atomic E-state index is 0.353. The van der Waals surface area contributed by atoms with Gasteiger partial charge >= 0.3 is 0 Å². The van der Waals surface area contributed by atoms with E-state index in [9.17, 15) is 0 Å². The number of rotatable bonds is 1. The Morgan fingerprint density at radius 1 is 1.09 bits per heavy atom. The van der Waals surface area contributed by atoms with E-state index >= 15 is 0 Å². The van der Waals surface area contributed by atoms with Crippen molar-refractivity contribution in [1.29, 1.82) is 0 Å². The van der Waals surface area contributed by atoms with Crippen molar-refractivity contribution in [3.63, 3.8) is 0 Å². The van der Waals surface area contributed by atoms with Crippen molar-refractivity contribution in [3.05, 3.63) is 23.3 Å². The Morgan fingerprint density at radius 3 is 2.68 bits per heavy atom. The van der Waals surface area contributed by atoms with Gasteiger partial charge in [-0.1, -0.05) is 6.92 Å². The van der Waals surface area contributed by atoms with Crippen LogP contribution in [-0.4, -0.2) is 42.6 Å². The molecule has 8 heteroatoms. The fourth-order valence-corrected chi connectivity index (χ4v) is 2.90. The number of hydrogen-bond donors (Lipinski definition) is 2. The Balaban J connectivity index is 0.000000133. The summed E-state index contributed by atoms with van der Waals surface area (Å²) in [6.07, 6.45) is 0.972. The molecule has 2 aromatic heterocycles. The second-order valence-corrected chi connectivity index (χ2v) is 5.65. The molecule has 0 saturated carbocycles. The summed E-state index contributed by atoms with van der Waals surface area (Å²) in [7, 11) is 0. The first kappa shape index (κ1) is 15.1. The lowest BCUT2D eigenvalue weighted by Gasteiger charge is -2.21. The van der Waals surface area contributed by atoms with Gasteiger partial charge in [-0.3, -0.25) is 0 Å². The van der Waals surface area contributed by atoms with Crippen LogP contribution in [0.2, 0.25) is 0 Å². The van der Waals surface area contributed by atoms with Gasteiger partial charge in [-0.15, -0.1) is 20.4 Å². The molecular formula is C14H24N8. The van der Waals surface area contributed by atoms with Crippen LogP contribution in [-0.2, 0) is 26.1 Å². The van der Waals surface area contributed by atoms with Gasteiger partial charge < -0.3 is 19.8 Å². The summed E-state index contributed by atoms with van der Waals surface area (Å²) in [5.41, 5.74) is 0. The quantitative estimate of drug-likeness (QED) is 0.782. The number of hydrogen-bond acceptors (Lipinski definition) is 6. The molecule has 4 rings (SSSR count). The van der Waals surface area contributed by atoms with Crippen LogP contribution >= 0.6 is 0 Å². The van der Waals surface area contributed by atoms with E-state index in [0.717, 1.165) is 62.4 Å². The van der Waals surface area contributed by atoms with E-state index in [1.807, 2.05) is 6.92 Å². The van der Waals surface area contributed by atoms with Gasteiger partial charge in [-0.05, 0) is 13.8 Å². The number of nitrogens with zero attached hydrogens (tertiary/aromatic N) is 6. The molecular weight excluding hydrogens is 280 g/mol. The molecule has 0 aromatic carbocycles. The summed E-state index contributed by atoms with van der Waals surface area (Å²) in [6.45, 7) is 11.2. The minimum atomic E-state index is 0.353.